The molecule has 0 saturated carbocycles. The first-order valence-electron chi connectivity index (χ1n) is 4.33. The Bertz CT molecular complexity index is 490. The van der Waals surface area contributed by atoms with Crippen LogP contribution in [0.5, 0.6) is 0 Å². The molecular formula is C9H6F3N4. The van der Waals surface area contributed by atoms with E-state index >= 15 is 0 Å². The lowest BCUT2D eigenvalue weighted by atomic mass is 10.1. The minimum atomic E-state index is -4.34. The normalized spacial score (nSPS) is 11.8. The maximum Gasteiger partial charge on any atom is 0.416 e. The molecule has 0 aliphatic carbocycles. The van der Waals surface area contributed by atoms with Gasteiger partial charge in [0.15, 0.2) is 0 Å². The Labute approximate surface area is 88.7 Å². The lowest BCUT2D eigenvalue weighted by molar-refractivity contribution is -0.137. The first-order valence-corrected chi connectivity index (χ1v) is 4.33. The summed E-state index contributed by atoms with van der Waals surface area (Å²) < 4.78 is 37.2. The summed E-state index contributed by atoms with van der Waals surface area (Å²) in [6.45, 7) is 1.55. The predicted molar refractivity (Wildman–Crippen MR) is 47.7 cm³/mol. The summed E-state index contributed by atoms with van der Waals surface area (Å²) in [5.74, 6) is 0. The molecule has 0 unspecified atom stereocenters. The Morgan fingerprint density at radius 1 is 1.31 bits per heavy atom. The summed E-state index contributed by atoms with van der Waals surface area (Å²) in [5.41, 5.74) is 0.167. The second-order valence-electron chi connectivity index (χ2n) is 3.18. The van der Waals surface area contributed by atoms with Crippen LogP contribution in [-0.4, -0.2) is 20.2 Å². The van der Waals surface area contributed by atoms with E-state index in [9.17, 15) is 13.2 Å². The van der Waals surface area contributed by atoms with Gasteiger partial charge in [0.1, 0.15) is 0 Å². The van der Waals surface area contributed by atoms with E-state index in [0.717, 1.165) is 16.9 Å². The van der Waals surface area contributed by atoms with Gasteiger partial charge in [-0.05, 0) is 35.9 Å². The van der Waals surface area contributed by atoms with Crippen molar-refractivity contribution in [2.75, 3.05) is 0 Å². The van der Waals surface area contributed by atoms with Gasteiger partial charge >= 0.3 is 6.18 Å². The lowest BCUT2D eigenvalue weighted by Crippen LogP contribution is -2.07. The molecule has 1 heterocycles. The number of halogens is 3. The Morgan fingerprint density at radius 2 is 2.06 bits per heavy atom. The van der Waals surface area contributed by atoms with E-state index < -0.39 is 11.7 Å². The first-order chi connectivity index (χ1) is 7.48. The number of nitrogens with zero attached hydrogens (tertiary/aromatic N) is 4. The number of aryl methyl sites for hydroxylation is 1. The Morgan fingerprint density at radius 3 is 2.56 bits per heavy atom. The monoisotopic (exact) mass is 227 g/mol. The Hall–Kier alpha value is -1.92. The van der Waals surface area contributed by atoms with Crippen LogP contribution in [0.25, 0.3) is 5.69 Å². The van der Waals surface area contributed by atoms with E-state index in [1.807, 2.05) is 0 Å². The number of alkyl halides is 3. The van der Waals surface area contributed by atoms with E-state index in [1.54, 1.807) is 6.92 Å². The molecule has 0 atom stereocenters. The molecule has 0 amide bonds. The standard InChI is InChI=1S/C9H6F3N4/c1-6-4-7(9(10,11)12)2-3-8(6)16-14-5-13-15-16/h2-4H,1H3. The molecule has 0 aliphatic rings. The van der Waals surface area contributed by atoms with Gasteiger partial charge in [0.05, 0.1) is 11.3 Å². The van der Waals surface area contributed by atoms with Gasteiger partial charge in [0.2, 0.25) is 6.33 Å². The van der Waals surface area contributed by atoms with Crippen molar-refractivity contribution in [3.8, 4) is 5.69 Å². The quantitative estimate of drug-likeness (QED) is 0.745. The van der Waals surface area contributed by atoms with Crippen LogP contribution < -0.4 is 0 Å². The molecule has 0 saturated heterocycles. The van der Waals surface area contributed by atoms with Crippen LogP contribution in [0.3, 0.4) is 0 Å². The molecule has 0 fully saturated rings. The summed E-state index contributed by atoms with van der Waals surface area (Å²) in [6.07, 6.45) is -2.11. The number of tetrazole rings is 1. The van der Waals surface area contributed by atoms with Crippen molar-refractivity contribution in [1.82, 2.24) is 20.2 Å². The molecule has 16 heavy (non-hydrogen) atoms. The number of hydrogen-bond acceptors (Lipinski definition) is 3. The molecule has 2 rings (SSSR count). The van der Waals surface area contributed by atoms with Crippen LogP contribution in [0.15, 0.2) is 18.2 Å². The maximum absolute atomic E-state index is 12.4. The summed E-state index contributed by atoms with van der Waals surface area (Å²) in [6, 6.07) is 3.32. The number of hydrogen-bond donors (Lipinski definition) is 0. The highest BCUT2D eigenvalue weighted by Gasteiger charge is 2.30. The molecule has 83 valence electrons. The highest BCUT2D eigenvalue weighted by atomic mass is 19.4. The van der Waals surface area contributed by atoms with Crippen LogP contribution in [-0.2, 0) is 6.18 Å². The SMILES string of the molecule is Cc1cc(C(F)(F)F)ccc1-n1n[c]nn1. The van der Waals surface area contributed by atoms with Gasteiger partial charge in [0.25, 0.3) is 0 Å². The summed E-state index contributed by atoms with van der Waals surface area (Å²) >= 11 is 0. The van der Waals surface area contributed by atoms with Gasteiger partial charge in [0, 0.05) is 0 Å². The van der Waals surface area contributed by atoms with Crippen LogP contribution in [0, 0.1) is 13.3 Å². The molecule has 0 aliphatic heterocycles. The second kappa shape index (κ2) is 3.58. The number of benzene rings is 1. The van der Waals surface area contributed by atoms with Gasteiger partial charge in [-0.15, -0.1) is 15.0 Å². The molecule has 4 nitrogen and oxygen atoms in total. The van der Waals surface area contributed by atoms with E-state index in [-0.39, 0.29) is 0 Å². The van der Waals surface area contributed by atoms with Crippen LogP contribution in [0.1, 0.15) is 11.1 Å². The number of aromatic nitrogens is 4. The van der Waals surface area contributed by atoms with Crippen molar-refractivity contribution < 1.29 is 13.2 Å². The van der Waals surface area contributed by atoms with E-state index in [4.69, 9.17) is 0 Å². The van der Waals surface area contributed by atoms with Gasteiger partial charge in [-0.25, -0.2) is 0 Å². The van der Waals surface area contributed by atoms with Crippen molar-refractivity contribution in [3.05, 3.63) is 35.7 Å². The van der Waals surface area contributed by atoms with Crippen LogP contribution >= 0.6 is 0 Å². The zero-order chi connectivity index (χ0) is 11.8. The summed E-state index contributed by atoms with van der Waals surface area (Å²) in [5, 5.41) is 10.6. The van der Waals surface area contributed by atoms with E-state index in [2.05, 4.69) is 21.7 Å². The molecule has 7 heteroatoms. The summed E-state index contributed by atoms with van der Waals surface area (Å²) in [7, 11) is 0. The van der Waals surface area contributed by atoms with Gasteiger partial charge in [-0.2, -0.15) is 13.2 Å². The van der Waals surface area contributed by atoms with Crippen LogP contribution in [0.4, 0.5) is 13.2 Å². The third-order valence-electron chi connectivity index (χ3n) is 2.05. The topological polar surface area (TPSA) is 43.6 Å². The molecule has 1 aromatic carbocycles. The third kappa shape index (κ3) is 1.88. The number of rotatable bonds is 1. The largest absolute Gasteiger partial charge is 0.416 e. The molecule has 0 spiro atoms. The van der Waals surface area contributed by atoms with Crippen molar-refractivity contribution in [2.45, 2.75) is 13.1 Å². The van der Waals surface area contributed by atoms with Crippen LogP contribution in [0.2, 0.25) is 0 Å². The second-order valence-corrected chi connectivity index (χ2v) is 3.18. The highest BCUT2D eigenvalue weighted by Crippen LogP contribution is 2.30. The molecule has 0 bridgehead atoms. The average molecular weight is 227 g/mol. The third-order valence-corrected chi connectivity index (χ3v) is 2.05. The summed E-state index contributed by atoms with van der Waals surface area (Å²) in [4.78, 5) is 1.12. The highest BCUT2D eigenvalue weighted by molar-refractivity contribution is 5.41. The lowest BCUT2D eigenvalue weighted by Gasteiger charge is -2.09. The zero-order valence-electron chi connectivity index (χ0n) is 8.15. The Kier molecular flexibility index (Phi) is 2.37. The van der Waals surface area contributed by atoms with Gasteiger partial charge in [-0.1, -0.05) is 0 Å². The fourth-order valence-electron chi connectivity index (χ4n) is 1.30. The smallest absolute Gasteiger partial charge is 0.166 e. The van der Waals surface area contributed by atoms with Crippen molar-refractivity contribution in [3.63, 3.8) is 0 Å². The molecular weight excluding hydrogens is 221 g/mol. The Balaban J connectivity index is 2.46. The van der Waals surface area contributed by atoms with Crippen molar-refractivity contribution in [2.24, 2.45) is 0 Å². The fraction of sp³-hybridized carbons (Fsp3) is 0.222. The minimum absolute atomic E-state index is 0.418. The van der Waals surface area contributed by atoms with Gasteiger partial charge < -0.3 is 0 Å². The first kappa shape index (κ1) is 10.6. The zero-order valence-corrected chi connectivity index (χ0v) is 8.15. The molecule has 2 aromatic rings. The van der Waals surface area contributed by atoms with Crippen molar-refractivity contribution in [1.29, 1.82) is 0 Å². The maximum atomic E-state index is 12.4. The van der Waals surface area contributed by atoms with E-state index in [1.165, 1.54) is 6.07 Å². The average Bonchev–Trinajstić information content (AvgIpc) is 2.69. The molecule has 1 aromatic heterocycles. The molecule has 0 N–H and O–H groups in total. The van der Waals surface area contributed by atoms with E-state index in [0.29, 0.717) is 11.3 Å². The van der Waals surface area contributed by atoms with Crippen molar-refractivity contribution >= 4 is 0 Å². The minimum Gasteiger partial charge on any atom is -0.166 e. The fourth-order valence-corrected chi connectivity index (χ4v) is 1.30. The molecule has 1 radical (unpaired) electrons. The predicted octanol–water partition coefficient (Wildman–Crippen LogP) is 1.79. The van der Waals surface area contributed by atoms with Gasteiger partial charge in [-0.3, -0.25) is 0 Å².